The highest BCUT2D eigenvalue weighted by Crippen LogP contribution is 2.27. The van der Waals surface area contributed by atoms with Crippen LogP contribution in [0.2, 0.25) is 5.15 Å². The van der Waals surface area contributed by atoms with Crippen LogP contribution in [-0.2, 0) is 0 Å². The predicted molar refractivity (Wildman–Crippen MR) is 69.7 cm³/mol. The zero-order valence-corrected chi connectivity index (χ0v) is 11.0. The van der Waals surface area contributed by atoms with E-state index in [0.29, 0.717) is 16.8 Å². The first-order chi connectivity index (χ1) is 8.99. The molecule has 0 spiro atoms. The van der Waals surface area contributed by atoms with Gasteiger partial charge >= 0.3 is 0 Å². The van der Waals surface area contributed by atoms with Gasteiger partial charge in [0.05, 0.1) is 4.92 Å². The highest BCUT2D eigenvalue weighted by atomic mass is 35.5. The summed E-state index contributed by atoms with van der Waals surface area (Å²) in [5.41, 5.74) is 1.56. The number of halogens is 1. The number of rotatable bonds is 3. The Labute approximate surface area is 114 Å². The summed E-state index contributed by atoms with van der Waals surface area (Å²) in [5.74, 6) is 0.778. The van der Waals surface area contributed by atoms with Crippen LogP contribution in [0.25, 0.3) is 0 Å². The number of aromatic nitrogens is 2. The summed E-state index contributed by atoms with van der Waals surface area (Å²) < 4.78 is 5.52. The highest BCUT2D eigenvalue weighted by molar-refractivity contribution is 6.30. The second kappa shape index (κ2) is 5.19. The summed E-state index contributed by atoms with van der Waals surface area (Å²) in [4.78, 5) is 10.1. The lowest BCUT2D eigenvalue weighted by atomic mass is 10.2. The molecule has 7 heteroatoms. The number of nitro benzene ring substituents is 1. The Bertz CT molecular complexity index is 629. The van der Waals surface area contributed by atoms with Crippen LogP contribution in [-0.4, -0.2) is 15.1 Å². The van der Waals surface area contributed by atoms with Crippen LogP contribution in [0.15, 0.2) is 24.3 Å². The van der Waals surface area contributed by atoms with Crippen LogP contribution in [0.1, 0.15) is 11.1 Å². The van der Waals surface area contributed by atoms with Crippen molar-refractivity contribution in [3.05, 3.63) is 50.7 Å². The first-order valence-corrected chi connectivity index (χ1v) is 5.78. The summed E-state index contributed by atoms with van der Waals surface area (Å²) in [6, 6.07) is 5.73. The average Bonchev–Trinajstić information content (AvgIpc) is 2.40. The Morgan fingerprint density at radius 2 is 1.79 bits per heavy atom. The lowest BCUT2D eigenvalue weighted by Gasteiger charge is -2.09. The third-order valence-electron chi connectivity index (χ3n) is 2.68. The molecule has 2 aromatic rings. The maximum absolute atomic E-state index is 10.5. The van der Waals surface area contributed by atoms with Crippen molar-refractivity contribution in [2.45, 2.75) is 13.8 Å². The predicted octanol–water partition coefficient (Wildman–Crippen LogP) is 3.45. The van der Waals surface area contributed by atoms with Crippen molar-refractivity contribution in [1.29, 1.82) is 0 Å². The fourth-order valence-electron chi connectivity index (χ4n) is 1.40. The van der Waals surface area contributed by atoms with E-state index in [9.17, 15) is 10.1 Å². The van der Waals surface area contributed by atoms with Gasteiger partial charge in [0.25, 0.3) is 5.69 Å². The zero-order valence-electron chi connectivity index (χ0n) is 10.3. The normalized spacial score (nSPS) is 10.3. The summed E-state index contributed by atoms with van der Waals surface area (Å²) in [6.07, 6.45) is 0. The molecule has 1 aromatic carbocycles. The van der Waals surface area contributed by atoms with Gasteiger partial charge in [0.15, 0.2) is 5.15 Å². The number of benzene rings is 1. The minimum atomic E-state index is -0.471. The first kappa shape index (κ1) is 13.2. The van der Waals surface area contributed by atoms with Gasteiger partial charge < -0.3 is 4.74 Å². The van der Waals surface area contributed by atoms with Crippen molar-refractivity contribution in [2.24, 2.45) is 0 Å². The van der Waals surface area contributed by atoms with Crippen molar-refractivity contribution in [3.8, 4) is 11.6 Å². The monoisotopic (exact) mass is 279 g/mol. The molecule has 0 aliphatic rings. The van der Waals surface area contributed by atoms with Crippen LogP contribution >= 0.6 is 11.6 Å². The molecule has 6 nitrogen and oxygen atoms in total. The second-order valence-electron chi connectivity index (χ2n) is 3.90. The van der Waals surface area contributed by atoms with Crippen LogP contribution in [0.4, 0.5) is 5.69 Å². The van der Waals surface area contributed by atoms with Crippen LogP contribution in [0.3, 0.4) is 0 Å². The molecule has 0 N–H and O–H groups in total. The molecule has 0 radical (unpaired) electrons. The molecule has 1 heterocycles. The zero-order chi connectivity index (χ0) is 14.0. The number of non-ortho nitro benzene ring substituents is 1. The molecule has 1 aromatic heterocycles. The van der Waals surface area contributed by atoms with E-state index in [1.54, 1.807) is 0 Å². The molecule has 98 valence electrons. The summed E-state index contributed by atoms with van der Waals surface area (Å²) in [6.45, 7) is 3.63. The summed E-state index contributed by atoms with van der Waals surface area (Å²) in [5, 5.41) is 18.5. The number of hydrogen-bond acceptors (Lipinski definition) is 5. The Kier molecular flexibility index (Phi) is 3.62. The molecule has 2 rings (SSSR count). The molecular weight excluding hydrogens is 270 g/mol. The third kappa shape index (κ3) is 2.79. The number of nitro groups is 1. The quantitative estimate of drug-likeness (QED) is 0.635. The van der Waals surface area contributed by atoms with Crippen molar-refractivity contribution in [3.63, 3.8) is 0 Å². The van der Waals surface area contributed by atoms with E-state index < -0.39 is 4.92 Å². The smallest absolute Gasteiger partial charge is 0.269 e. The average molecular weight is 280 g/mol. The van der Waals surface area contributed by atoms with E-state index in [0.717, 1.165) is 11.1 Å². The van der Waals surface area contributed by atoms with Gasteiger partial charge in [-0.1, -0.05) is 11.6 Å². The minimum Gasteiger partial charge on any atom is -0.437 e. The van der Waals surface area contributed by atoms with E-state index >= 15 is 0 Å². The van der Waals surface area contributed by atoms with Gasteiger partial charge in [-0.15, -0.1) is 10.2 Å². The first-order valence-electron chi connectivity index (χ1n) is 5.40. The topological polar surface area (TPSA) is 78.2 Å². The van der Waals surface area contributed by atoms with E-state index in [4.69, 9.17) is 16.3 Å². The molecule has 0 amide bonds. The van der Waals surface area contributed by atoms with Crippen LogP contribution in [0.5, 0.6) is 11.6 Å². The van der Waals surface area contributed by atoms with Gasteiger partial charge in [-0.25, -0.2) is 0 Å². The van der Waals surface area contributed by atoms with Crippen molar-refractivity contribution in [2.75, 3.05) is 0 Å². The number of ether oxygens (including phenoxy) is 1. The fraction of sp³-hybridized carbons (Fsp3) is 0.167. The van der Waals surface area contributed by atoms with Crippen LogP contribution < -0.4 is 4.74 Å². The molecule has 0 aliphatic carbocycles. The Morgan fingerprint density at radius 1 is 1.16 bits per heavy atom. The minimum absolute atomic E-state index is 0.00226. The third-order valence-corrected chi connectivity index (χ3v) is 3.04. The van der Waals surface area contributed by atoms with E-state index in [-0.39, 0.29) is 5.69 Å². The fourth-order valence-corrected chi connectivity index (χ4v) is 1.58. The lowest BCUT2D eigenvalue weighted by Crippen LogP contribution is -1.97. The molecular formula is C12H10ClN3O3. The molecule has 0 atom stereocenters. The standard InChI is InChI=1S/C12H10ClN3O3/c1-7-8(2)12(15-14-11(7)13)19-10-5-3-9(4-6-10)16(17)18/h3-6H,1-2H3. The second-order valence-corrected chi connectivity index (χ2v) is 4.26. The van der Waals surface area contributed by atoms with E-state index in [2.05, 4.69) is 10.2 Å². The Balaban J connectivity index is 2.26. The summed E-state index contributed by atoms with van der Waals surface area (Å²) in [7, 11) is 0. The van der Waals surface area contributed by atoms with Gasteiger partial charge in [0.1, 0.15) is 5.75 Å². The molecule has 0 fully saturated rings. The maximum atomic E-state index is 10.5. The maximum Gasteiger partial charge on any atom is 0.269 e. The number of hydrogen-bond donors (Lipinski definition) is 0. The molecule has 0 aliphatic heterocycles. The molecule has 0 saturated heterocycles. The molecule has 19 heavy (non-hydrogen) atoms. The van der Waals surface area contributed by atoms with Crippen LogP contribution in [0, 0.1) is 24.0 Å². The van der Waals surface area contributed by atoms with Gasteiger partial charge in [0, 0.05) is 17.7 Å². The van der Waals surface area contributed by atoms with E-state index in [1.165, 1.54) is 24.3 Å². The van der Waals surface area contributed by atoms with Gasteiger partial charge in [-0.3, -0.25) is 10.1 Å². The van der Waals surface area contributed by atoms with Gasteiger partial charge in [0.2, 0.25) is 5.88 Å². The van der Waals surface area contributed by atoms with Crippen molar-refractivity contribution in [1.82, 2.24) is 10.2 Å². The lowest BCUT2D eigenvalue weighted by molar-refractivity contribution is -0.384. The van der Waals surface area contributed by atoms with Gasteiger partial charge in [-0.2, -0.15) is 0 Å². The van der Waals surface area contributed by atoms with E-state index in [1.807, 2.05) is 13.8 Å². The molecule has 0 saturated carbocycles. The molecule has 0 unspecified atom stereocenters. The van der Waals surface area contributed by atoms with Gasteiger partial charge in [-0.05, 0) is 31.5 Å². The highest BCUT2D eigenvalue weighted by Gasteiger charge is 2.11. The van der Waals surface area contributed by atoms with Crippen molar-refractivity contribution < 1.29 is 9.66 Å². The molecule has 0 bridgehead atoms. The SMILES string of the molecule is Cc1c(Cl)nnc(Oc2ccc([N+](=O)[O-])cc2)c1C. The summed E-state index contributed by atoms with van der Waals surface area (Å²) >= 11 is 5.84. The van der Waals surface area contributed by atoms with Crippen molar-refractivity contribution >= 4 is 17.3 Å². The Hall–Kier alpha value is -2.21. The largest absolute Gasteiger partial charge is 0.437 e. The number of nitrogens with zero attached hydrogens (tertiary/aromatic N) is 3. The Morgan fingerprint density at radius 3 is 2.37 bits per heavy atom.